The van der Waals surface area contributed by atoms with Crippen LogP contribution < -0.4 is 5.32 Å². The van der Waals surface area contributed by atoms with Crippen LogP contribution >= 0.6 is 27.5 Å². The van der Waals surface area contributed by atoms with Crippen LogP contribution in [0, 0.1) is 11.3 Å². The lowest BCUT2D eigenvalue weighted by Crippen LogP contribution is -2.40. The average molecular weight is 436 g/mol. The molecular formula is C15H11BrClF3N4O. The second-order valence-corrected chi connectivity index (χ2v) is 6.75. The first-order valence-corrected chi connectivity index (χ1v) is 7.98. The number of benzene rings is 1. The van der Waals surface area contributed by atoms with E-state index in [-0.39, 0.29) is 5.69 Å². The first-order valence-electron chi connectivity index (χ1n) is 6.80. The summed E-state index contributed by atoms with van der Waals surface area (Å²) in [5, 5.41) is 15.5. The van der Waals surface area contributed by atoms with E-state index in [1.165, 1.54) is 36.9 Å². The molecule has 0 radical (unpaired) electrons. The molecule has 2 rings (SSSR count). The summed E-state index contributed by atoms with van der Waals surface area (Å²) < 4.78 is 40.6. The van der Waals surface area contributed by atoms with Crippen LogP contribution in [0.2, 0.25) is 5.02 Å². The molecule has 25 heavy (non-hydrogen) atoms. The fraction of sp³-hybridized carbons (Fsp3) is 0.267. The van der Waals surface area contributed by atoms with Gasteiger partial charge in [0.05, 0.1) is 22.2 Å². The Bertz CT molecular complexity index is 851. The van der Waals surface area contributed by atoms with E-state index >= 15 is 0 Å². The molecule has 0 spiro atoms. The molecule has 0 aliphatic rings. The number of alkyl halides is 3. The highest BCUT2D eigenvalue weighted by molar-refractivity contribution is 9.10. The van der Waals surface area contributed by atoms with Gasteiger partial charge in [-0.25, -0.2) is 0 Å². The summed E-state index contributed by atoms with van der Waals surface area (Å²) in [5.41, 5.74) is -2.94. The number of rotatable bonds is 3. The van der Waals surface area contributed by atoms with Gasteiger partial charge in [0.15, 0.2) is 0 Å². The second kappa shape index (κ2) is 6.69. The Kier molecular flexibility index (Phi) is 5.16. The van der Waals surface area contributed by atoms with Crippen molar-refractivity contribution in [3.8, 4) is 6.07 Å². The van der Waals surface area contributed by atoms with Gasteiger partial charge in [-0.1, -0.05) is 11.6 Å². The molecule has 5 nitrogen and oxygen atoms in total. The molecule has 2 aromatic rings. The summed E-state index contributed by atoms with van der Waals surface area (Å²) in [5.74, 6) is -0.600. The van der Waals surface area contributed by atoms with Crippen LogP contribution in [0.5, 0.6) is 0 Å². The predicted octanol–water partition coefficient (Wildman–Crippen LogP) is 4.56. The van der Waals surface area contributed by atoms with E-state index in [0.29, 0.717) is 9.63 Å². The number of hydrogen-bond donors (Lipinski definition) is 1. The zero-order valence-electron chi connectivity index (χ0n) is 12.9. The number of anilines is 1. The smallest absolute Gasteiger partial charge is 0.324 e. The van der Waals surface area contributed by atoms with Crippen LogP contribution in [-0.2, 0) is 16.5 Å². The number of nitrogens with zero attached hydrogens (tertiary/aromatic N) is 3. The zero-order chi connectivity index (χ0) is 19.0. The van der Waals surface area contributed by atoms with Crippen LogP contribution in [0.3, 0.4) is 0 Å². The number of aromatic nitrogens is 2. The largest absolute Gasteiger partial charge is 0.417 e. The van der Waals surface area contributed by atoms with Gasteiger partial charge in [0.2, 0.25) is 0 Å². The third-order valence-electron chi connectivity index (χ3n) is 3.46. The number of nitriles is 1. The SMILES string of the molecule is CC(C)(C(=O)Nc1ccc(C#N)c(C(F)(F)F)c1)n1cc(Cl)c(Br)n1. The maximum atomic E-state index is 13.0. The minimum absolute atomic E-state index is 0.0817. The number of hydrogen-bond acceptors (Lipinski definition) is 3. The Morgan fingerprint density at radius 2 is 2.04 bits per heavy atom. The zero-order valence-corrected chi connectivity index (χ0v) is 15.3. The summed E-state index contributed by atoms with van der Waals surface area (Å²) in [6.07, 6.45) is -3.28. The van der Waals surface area contributed by atoms with Crippen molar-refractivity contribution in [1.29, 1.82) is 5.26 Å². The highest BCUT2D eigenvalue weighted by Crippen LogP contribution is 2.34. The van der Waals surface area contributed by atoms with Gasteiger partial charge in [0, 0.05) is 11.9 Å². The van der Waals surface area contributed by atoms with Crippen LogP contribution in [0.4, 0.5) is 18.9 Å². The monoisotopic (exact) mass is 434 g/mol. The molecule has 0 aliphatic carbocycles. The Labute approximate surface area is 154 Å². The standard InChI is InChI=1S/C15H11BrClF3N4O/c1-14(2,24-7-11(17)12(16)23-24)13(25)22-9-4-3-8(6-21)10(5-9)15(18,19)20/h3-5,7H,1-2H3,(H,22,25). The molecule has 0 bridgehead atoms. The molecule has 0 saturated carbocycles. The molecule has 1 N–H and O–H groups in total. The molecule has 0 atom stereocenters. The molecule has 132 valence electrons. The minimum atomic E-state index is -4.71. The molecular weight excluding hydrogens is 425 g/mol. The van der Waals surface area contributed by atoms with Crippen LogP contribution in [0.25, 0.3) is 0 Å². The van der Waals surface area contributed by atoms with Gasteiger partial charge in [-0.15, -0.1) is 0 Å². The van der Waals surface area contributed by atoms with E-state index in [9.17, 15) is 18.0 Å². The molecule has 10 heteroatoms. The van der Waals surface area contributed by atoms with Gasteiger partial charge in [0.1, 0.15) is 10.1 Å². The molecule has 1 amide bonds. The quantitative estimate of drug-likeness (QED) is 0.768. The van der Waals surface area contributed by atoms with Crippen molar-refractivity contribution in [2.24, 2.45) is 0 Å². The van der Waals surface area contributed by atoms with Crippen LogP contribution in [-0.4, -0.2) is 15.7 Å². The number of nitrogens with one attached hydrogen (secondary N) is 1. The lowest BCUT2D eigenvalue weighted by molar-refractivity contribution is -0.137. The molecule has 0 fully saturated rings. The Morgan fingerprint density at radius 1 is 1.40 bits per heavy atom. The lowest BCUT2D eigenvalue weighted by atomic mass is 10.0. The van der Waals surface area contributed by atoms with Crippen molar-refractivity contribution < 1.29 is 18.0 Å². The third-order valence-corrected chi connectivity index (χ3v) is 4.55. The van der Waals surface area contributed by atoms with E-state index in [0.717, 1.165) is 12.1 Å². The average Bonchev–Trinajstić information content (AvgIpc) is 2.86. The van der Waals surface area contributed by atoms with Gasteiger partial charge in [-0.05, 0) is 48.0 Å². The van der Waals surface area contributed by atoms with E-state index in [1.54, 1.807) is 0 Å². The number of carbonyl (C=O) groups excluding carboxylic acids is 1. The van der Waals surface area contributed by atoms with Gasteiger partial charge < -0.3 is 5.32 Å². The van der Waals surface area contributed by atoms with Crippen LogP contribution in [0.1, 0.15) is 25.0 Å². The van der Waals surface area contributed by atoms with E-state index < -0.39 is 28.7 Å². The molecule has 1 heterocycles. The maximum Gasteiger partial charge on any atom is 0.417 e. The van der Waals surface area contributed by atoms with Gasteiger partial charge in [-0.2, -0.15) is 23.5 Å². The molecule has 0 saturated heterocycles. The third kappa shape index (κ3) is 3.96. The number of amides is 1. The van der Waals surface area contributed by atoms with Crippen molar-refractivity contribution in [3.05, 3.63) is 45.1 Å². The van der Waals surface area contributed by atoms with E-state index in [1.807, 2.05) is 0 Å². The van der Waals surface area contributed by atoms with E-state index in [4.69, 9.17) is 16.9 Å². The molecule has 0 aliphatic heterocycles. The van der Waals surface area contributed by atoms with Crippen molar-refractivity contribution in [2.45, 2.75) is 25.6 Å². The summed E-state index contributed by atoms with van der Waals surface area (Å²) in [6.45, 7) is 3.07. The normalized spacial score (nSPS) is 11.9. The van der Waals surface area contributed by atoms with Crippen molar-refractivity contribution in [2.75, 3.05) is 5.32 Å². The number of halogens is 5. The topological polar surface area (TPSA) is 70.7 Å². The van der Waals surface area contributed by atoms with Crippen LogP contribution in [0.15, 0.2) is 29.0 Å². The molecule has 1 aromatic carbocycles. The Morgan fingerprint density at radius 3 is 2.52 bits per heavy atom. The van der Waals surface area contributed by atoms with Crippen molar-refractivity contribution >= 4 is 39.1 Å². The van der Waals surface area contributed by atoms with Gasteiger partial charge in [0.25, 0.3) is 5.91 Å². The van der Waals surface area contributed by atoms with Crippen molar-refractivity contribution in [1.82, 2.24) is 9.78 Å². The Balaban J connectivity index is 2.33. The summed E-state index contributed by atoms with van der Waals surface area (Å²) in [6, 6.07) is 4.44. The van der Waals surface area contributed by atoms with E-state index in [2.05, 4.69) is 26.3 Å². The number of carbonyl (C=O) groups is 1. The second-order valence-electron chi connectivity index (χ2n) is 5.60. The van der Waals surface area contributed by atoms with Gasteiger partial charge in [-0.3, -0.25) is 9.48 Å². The van der Waals surface area contributed by atoms with Crippen molar-refractivity contribution in [3.63, 3.8) is 0 Å². The predicted molar refractivity (Wildman–Crippen MR) is 89.0 cm³/mol. The highest BCUT2D eigenvalue weighted by Gasteiger charge is 2.35. The highest BCUT2D eigenvalue weighted by atomic mass is 79.9. The first-order chi connectivity index (χ1) is 11.5. The summed E-state index contributed by atoms with van der Waals surface area (Å²) in [4.78, 5) is 12.5. The first kappa shape index (κ1) is 19.3. The lowest BCUT2D eigenvalue weighted by Gasteiger charge is -2.24. The maximum absolute atomic E-state index is 13.0. The van der Waals surface area contributed by atoms with Gasteiger partial charge >= 0.3 is 6.18 Å². The minimum Gasteiger partial charge on any atom is -0.324 e. The fourth-order valence-electron chi connectivity index (χ4n) is 1.96. The summed E-state index contributed by atoms with van der Waals surface area (Å²) in [7, 11) is 0. The summed E-state index contributed by atoms with van der Waals surface area (Å²) >= 11 is 9.01. The fourth-order valence-corrected chi connectivity index (χ4v) is 2.36. The molecule has 1 aromatic heterocycles. The Hall–Kier alpha value is -2.05. The molecule has 0 unspecified atom stereocenters.